The van der Waals surface area contributed by atoms with Gasteiger partial charge in [0.2, 0.25) is 5.43 Å². The van der Waals surface area contributed by atoms with Crippen molar-refractivity contribution in [3.63, 3.8) is 0 Å². The van der Waals surface area contributed by atoms with Gasteiger partial charge >= 0.3 is 5.97 Å². The van der Waals surface area contributed by atoms with E-state index < -0.39 is 45.8 Å². The van der Waals surface area contributed by atoms with Gasteiger partial charge < -0.3 is 14.7 Å². The predicted molar refractivity (Wildman–Crippen MR) is 131 cm³/mol. The lowest BCUT2D eigenvalue weighted by atomic mass is 9.86. The molecule has 1 unspecified atom stereocenters. The molecule has 2 saturated carbocycles. The van der Waals surface area contributed by atoms with Gasteiger partial charge in [-0.05, 0) is 36.8 Å². The summed E-state index contributed by atoms with van der Waals surface area (Å²) in [4.78, 5) is 41.2. The molecule has 6 rings (SSSR count). The molecule has 1 aliphatic heterocycles. The molecule has 38 heavy (non-hydrogen) atoms. The molecule has 2 aliphatic carbocycles. The molecule has 3 atom stereocenters. The van der Waals surface area contributed by atoms with Crippen LogP contribution in [0.15, 0.2) is 29.2 Å². The molecule has 0 radical (unpaired) electrons. The van der Waals surface area contributed by atoms with Crippen LogP contribution in [0, 0.1) is 23.0 Å². The molecule has 2 fully saturated rings. The average Bonchev–Trinajstić information content (AvgIpc) is 3.29. The summed E-state index contributed by atoms with van der Waals surface area (Å²) in [5.41, 5.74) is -2.81. The highest BCUT2D eigenvalue weighted by Crippen LogP contribution is 2.71. The van der Waals surface area contributed by atoms with E-state index in [1.165, 1.54) is 28.9 Å². The fourth-order valence-corrected chi connectivity index (χ4v) is 7.31. The molecule has 198 valence electrons. The van der Waals surface area contributed by atoms with Crippen molar-refractivity contribution in [2.45, 2.75) is 31.3 Å². The van der Waals surface area contributed by atoms with Gasteiger partial charge in [0.15, 0.2) is 16.5 Å². The fourth-order valence-electron chi connectivity index (χ4n) is 6.44. The SMILES string of the molecule is COC(=O)[C@]12C[C@H]1CCC21N(C)C(=O)c2c(O)c(=O)c(-c3nnc(Cc4ccc(F)cc4F)s3)cn2N1C. The molecular formula is C25H23F2N5O5S. The molecule has 13 heteroatoms. The largest absolute Gasteiger partial charge is 0.502 e. The van der Waals surface area contributed by atoms with Gasteiger partial charge in [0.05, 0.1) is 12.7 Å². The van der Waals surface area contributed by atoms with Crippen molar-refractivity contribution in [2.75, 3.05) is 26.2 Å². The number of aromatic nitrogens is 3. The molecule has 3 heterocycles. The van der Waals surface area contributed by atoms with Crippen molar-refractivity contribution in [1.82, 2.24) is 19.8 Å². The number of rotatable bonds is 4. The summed E-state index contributed by atoms with van der Waals surface area (Å²) in [5.74, 6) is -3.11. The highest BCUT2D eigenvalue weighted by atomic mass is 32.1. The number of fused-ring (bicyclic) bond motifs is 3. The molecule has 0 saturated heterocycles. The Morgan fingerprint density at radius 1 is 1.26 bits per heavy atom. The molecule has 10 nitrogen and oxygen atoms in total. The van der Waals surface area contributed by atoms with Gasteiger partial charge in [0.25, 0.3) is 5.91 Å². The van der Waals surface area contributed by atoms with E-state index in [0.717, 1.165) is 23.5 Å². The lowest BCUT2D eigenvalue weighted by Crippen LogP contribution is -2.72. The zero-order valence-corrected chi connectivity index (χ0v) is 21.5. The second-order valence-corrected chi connectivity index (χ2v) is 11.0. The normalized spacial score (nSPS) is 25.5. The zero-order valence-electron chi connectivity index (χ0n) is 20.7. The minimum absolute atomic E-state index is 0.00797. The average molecular weight is 544 g/mol. The summed E-state index contributed by atoms with van der Waals surface area (Å²) in [6, 6.07) is 3.23. The number of benzene rings is 1. The Hall–Kier alpha value is -3.87. The first-order chi connectivity index (χ1) is 18.1. The quantitative estimate of drug-likeness (QED) is 0.498. The Labute approximate surface area is 219 Å². The van der Waals surface area contributed by atoms with Crippen LogP contribution in [0.5, 0.6) is 5.75 Å². The van der Waals surface area contributed by atoms with Crippen LogP contribution in [-0.2, 0) is 16.0 Å². The number of amides is 1. The van der Waals surface area contributed by atoms with Crippen LogP contribution in [0.25, 0.3) is 10.6 Å². The van der Waals surface area contributed by atoms with Gasteiger partial charge in [0.1, 0.15) is 27.7 Å². The third-order valence-corrected chi connectivity index (χ3v) is 9.31. The predicted octanol–water partition coefficient (Wildman–Crippen LogP) is 2.26. The number of hydrogen-bond acceptors (Lipinski definition) is 9. The maximum absolute atomic E-state index is 14.1. The number of nitrogens with zero attached hydrogens (tertiary/aromatic N) is 5. The van der Waals surface area contributed by atoms with E-state index in [2.05, 4.69) is 10.2 Å². The molecule has 3 aromatic rings. The summed E-state index contributed by atoms with van der Waals surface area (Å²) >= 11 is 1.02. The van der Waals surface area contributed by atoms with Crippen molar-refractivity contribution in [1.29, 1.82) is 0 Å². The van der Waals surface area contributed by atoms with Crippen LogP contribution in [0.2, 0.25) is 0 Å². The van der Waals surface area contributed by atoms with E-state index in [0.29, 0.717) is 24.3 Å². The molecule has 2 aromatic heterocycles. The lowest BCUT2D eigenvalue weighted by molar-refractivity contribution is -0.153. The third-order valence-electron chi connectivity index (χ3n) is 8.35. The topological polar surface area (TPSA) is 118 Å². The minimum atomic E-state index is -1.06. The van der Waals surface area contributed by atoms with Crippen LogP contribution in [0.1, 0.15) is 40.3 Å². The Morgan fingerprint density at radius 2 is 2.03 bits per heavy atom. The van der Waals surface area contributed by atoms with Crippen molar-refractivity contribution >= 4 is 23.2 Å². The van der Waals surface area contributed by atoms with Crippen LogP contribution in [-0.4, -0.2) is 63.6 Å². The molecule has 1 amide bonds. The molecular weight excluding hydrogens is 520 g/mol. The summed E-state index contributed by atoms with van der Waals surface area (Å²) in [6.45, 7) is 0. The number of esters is 1. The monoisotopic (exact) mass is 543 g/mol. The second-order valence-electron chi connectivity index (χ2n) is 9.93. The van der Waals surface area contributed by atoms with Gasteiger partial charge in [-0.1, -0.05) is 17.4 Å². The number of methoxy groups -OCH3 is 1. The Morgan fingerprint density at radius 3 is 2.71 bits per heavy atom. The van der Waals surface area contributed by atoms with Gasteiger partial charge in [-0.15, -0.1) is 10.2 Å². The first kappa shape index (κ1) is 24.5. The van der Waals surface area contributed by atoms with E-state index in [9.17, 15) is 28.3 Å². The van der Waals surface area contributed by atoms with E-state index in [1.54, 1.807) is 19.1 Å². The van der Waals surface area contributed by atoms with Crippen LogP contribution in [0.4, 0.5) is 8.78 Å². The number of pyridine rings is 1. The van der Waals surface area contributed by atoms with Crippen molar-refractivity contribution in [3.05, 3.63) is 62.5 Å². The molecule has 0 bridgehead atoms. The summed E-state index contributed by atoms with van der Waals surface area (Å²) in [5, 5.41) is 21.2. The van der Waals surface area contributed by atoms with E-state index in [-0.39, 0.29) is 34.2 Å². The lowest BCUT2D eigenvalue weighted by Gasteiger charge is -2.55. The maximum atomic E-state index is 14.1. The second kappa shape index (κ2) is 8.06. The Balaban J connectivity index is 1.44. The van der Waals surface area contributed by atoms with E-state index in [4.69, 9.17) is 4.74 Å². The third kappa shape index (κ3) is 2.99. The fraction of sp³-hybridized carbons (Fsp3) is 0.400. The van der Waals surface area contributed by atoms with Crippen LogP contribution < -0.4 is 10.4 Å². The number of ether oxygens (including phenoxy) is 1. The number of carbonyl (C=O) groups excluding carboxylic acids is 2. The van der Waals surface area contributed by atoms with Gasteiger partial charge in [0, 0.05) is 32.8 Å². The van der Waals surface area contributed by atoms with Crippen molar-refractivity contribution < 1.29 is 28.2 Å². The van der Waals surface area contributed by atoms with Crippen LogP contribution in [0.3, 0.4) is 0 Å². The summed E-state index contributed by atoms with van der Waals surface area (Å²) in [6.07, 6.45) is 3.21. The number of halogens is 2. The minimum Gasteiger partial charge on any atom is -0.502 e. The Bertz CT molecular complexity index is 1590. The summed E-state index contributed by atoms with van der Waals surface area (Å²) < 4.78 is 33.9. The number of aromatic hydroxyl groups is 1. The van der Waals surface area contributed by atoms with Crippen molar-refractivity contribution in [3.8, 4) is 16.3 Å². The molecule has 3 aliphatic rings. The number of hydrogen-bond donors (Lipinski definition) is 1. The van der Waals surface area contributed by atoms with Crippen LogP contribution >= 0.6 is 11.3 Å². The summed E-state index contributed by atoms with van der Waals surface area (Å²) in [7, 11) is 4.59. The standard InChI is InChI=1S/C25H23F2N5O5S/c1-30-22(35)18-20(34)19(33)15(21-29-28-17(38-21)8-12-4-5-14(26)9-16(12)27)11-32(18)31(2)25(30)7-6-13-10-24(13,25)23(36)37-3/h4-5,9,11,13,34H,6-8,10H2,1-3H3/t13-,24+,25?/m1/s1. The first-order valence-corrected chi connectivity index (χ1v) is 12.7. The smallest absolute Gasteiger partial charge is 0.316 e. The zero-order chi connectivity index (χ0) is 27.1. The molecule has 1 spiro atoms. The van der Waals surface area contributed by atoms with Gasteiger partial charge in [-0.3, -0.25) is 24.1 Å². The first-order valence-electron chi connectivity index (χ1n) is 11.9. The molecule has 1 N–H and O–H groups in total. The Kier molecular flexibility index (Phi) is 5.19. The van der Waals surface area contributed by atoms with Gasteiger partial charge in [-0.2, -0.15) is 0 Å². The molecule has 1 aromatic carbocycles. The highest BCUT2D eigenvalue weighted by molar-refractivity contribution is 7.14. The van der Waals surface area contributed by atoms with E-state index in [1.807, 2.05) is 0 Å². The maximum Gasteiger partial charge on any atom is 0.316 e. The number of carbonyl (C=O) groups is 2. The van der Waals surface area contributed by atoms with Crippen molar-refractivity contribution in [2.24, 2.45) is 11.3 Å². The highest BCUT2D eigenvalue weighted by Gasteiger charge is 2.80. The van der Waals surface area contributed by atoms with E-state index >= 15 is 0 Å². The van der Waals surface area contributed by atoms with Gasteiger partial charge in [-0.25, -0.2) is 8.78 Å².